The van der Waals surface area contributed by atoms with E-state index in [-0.39, 0.29) is 5.97 Å². The Bertz CT molecular complexity index is 563. The second-order valence-corrected chi connectivity index (χ2v) is 4.37. The summed E-state index contributed by atoms with van der Waals surface area (Å²) in [5, 5.41) is 1.16. The number of aryl methyl sites for hydroxylation is 1. The fraction of sp³-hybridized carbons (Fsp3) is 0.333. The van der Waals surface area contributed by atoms with Crippen LogP contribution < -0.4 is 9.30 Å². The number of carbonyl (C=O) groups is 1. The Morgan fingerprint density at radius 3 is 2.89 bits per heavy atom. The van der Waals surface area contributed by atoms with Crippen LogP contribution in [0.25, 0.3) is 10.9 Å². The molecule has 1 aromatic heterocycles. The summed E-state index contributed by atoms with van der Waals surface area (Å²) in [5.41, 5.74) is 1.10. The molecule has 1 heterocycles. The van der Waals surface area contributed by atoms with Crippen LogP contribution in [-0.2, 0) is 11.3 Å². The highest BCUT2D eigenvalue weighted by molar-refractivity contribution is 5.78. The van der Waals surface area contributed by atoms with Crippen LogP contribution in [0.5, 0.6) is 5.75 Å². The predicted octanol–water partition coefficient (Wildman–Crippen LogP) is 2.85. The van der Waals surface area contributed by atoms with E-state index in [1.807, 2.05) is 24.3 Å². The molecule has 18 heavy (non-hydrogen) atoms. The van der Waals surface area contributed by atoms with Crippen LogP contribution in [0.3, 0.4) is 0 Å². The average molecular weight is 244 g/mol. The van der Waals surface area contributed by atoms with Crippen molar-refractivity contribution < 1.29 is 14.1 Å². The van der Waals surface area contributed by atoms with Crippen molar-refractivity contribution in [2.75, 3.05) is 0 Å². The van der Waals surface area contributed by atoms with Crippen molar-refractivity contribution in [3.8, 4) is 5.75 Å². The zero-order valence-electron chi connectivity index (χ0n) is 10.8. The summed E-state index contributed by atoms with van der Waals surface area (Å²) in [6, 6.07) is 9.84. The fourth-order valence-electron chi connectivity index (χ4n) is 2.00. The van der Waals surface area contributed by atoms with E-state index >= 15 is 0 Å². The number of nitrogens with zero attached hydrogens (tertiary/aromatic N) is 1. The first kappa shape index (κ1) is 12.6. The maximum absolute atomic E-state index is 11.0. The van der Waals surface area contributed by atoms with E-state index in [1.54, 1.807) is 0 Å². The van der Waals surface area contributed by atoms with Gasteiger partial charge in [0.2, 0.25) is 5.52 Å². The number of hydrogen-bond acceptors (Lipinski definition) is 2. The molecular weight excluding hydrogens is 226 g/mol. The van der Waals surface area contributed by atoms with E-state index in [0.29, 0.717) is 5.75 Å². The van der Waals surface area contributed by atoms with E-state index in [2.05, 4.69) is 23.8 Å². The highest BCUT2D eigenvalue weighted by Crippen LogP contribution is 2.18. The number of ether oxygens (including phenoxy) is 1. The Morgan fingerprint density at radius 2 is 2.17 bits per heavy atom. The number of unbranched alkanes of at least 4 members (excludes halogenated alkanes) is 1. The molecule has 0 atom stereocenters. The lowest BCUT2D eigenvalue weighted by atomic mass is 10.2. The van der Waals surface area contributed by atoms with Crippen molar-refractivity contribution >= 4 is 16.9 Å². The molecule has 3 nitrogen and oxygen atoms in total. The Hall–Kier alpha value is -1.90. The Labute approximate surface area is 107 Å². The normalized spacial score (nSPS) is 10.6. The zero-order chi connectivity index (χ0) is 13.0. The Kier molecular flexibility index (Phi) is 3.92. The molecule has 0 radical (unpaired) electrons. The Morgan fingerprint density at radius 1 is 1.33 bits per heavy atom. The third-order valence-corrected chi connectivity index (χ3v) is 2.87. The minimum absolute atomic E-state index is 0.287. The smallest absolute Gasteiger partial charge is 0.308 e. The molecule has 1 aromatic carbocycles. The quantitative estimate of drug-likeness (QED) is 0.470. The number of hydrogen-bond donors (Lipinski definition) is 0. The number of esters is 1. The van der Waals surface area contributed by atoms with E-state index < -0.39 is 0 Å². The summed E-state index contributed by atoms with van der Waals surface area (Å²) in [6.07, 6.45) is 4.37. The molecule has 0 aliphatic rings. The van der Waals surface area contributed by atoms with Crippen LogP contribution in [0, 0.1) is 0 Å². The van der Waals surface area contributed by atoms with Crippen molar-refractivity contribution in [2.24, 2.45) is 0 Å². The van der Waals surface area contributed by atoms with Gasteiger partial charge in [0.1, 0.15) is 12.3 Å². The number of carbonyl (C=O) groups excluding carboxylic acids is 1. The van der Waals surface area contributed by atoms with Gasteiger partial charge < -0.3 is 4.74 Å². The lowest BCUT2D eigenvalue weighted by Crippen LogP contribution is -2.33. The molecule has 0 saturated carbocycles. The van der Waals surface area contributed by atoms with Gasteiger partial charge in [-0.15, -0.1) is 0 Å². The van der Waals surface area contributed by atoms with Gasteiger partial charge in [-0.2, -0.15) is 4.57 Å². The molecular formula is C15H18NO2+. The second-order valence-electron chi connectivity index (χ2n) is 4.37. The summed E-state index contributed by atoms with van der Waals surface area (Å²) in [4.78, 5) is 11.0. The topological polar surface area (TPSA) is 30.2 Å². The van der Waals surface area contributed by atoms with E-state index in [0.717, 1.165) is 30.3 Å². The average Bonchev–Trinajstić information content (AvgIpc) is 2.35. The molecule has 0 amide bonds. The molecule has 0 spiro atoms. The largest absolute Gasteiger partial charge is 0.426 e. The number of aromatic nitrogens is 1. The van der Waals surface area contributed by atoms with Crippen molar-refractivity contribution in [2.45, 2.75) is 33.2 Å². The summed E-state index contributed by atoms with van der Waals surface area (Å²) in [7, 11) is 0. The highest BCUT2D eigenvalue weighted by atomic mass is 16.5. The van der Waals surface area contributed by atoms with Crippen LogP contribution in [0.15, 0.2) is 36.5 Å². The summed E-state index contributed by atoms with van der Waals surface area (Å²) < 4.78 is 7.33. The lowest BCUT2D eigenvalue weighted by Gasteiger charge is -2.04. The van der Waals surface area contributed by atoms with E-state index in [1.165, 1.54) is 6.92 Å². The summed E-state index contributed by atoms with van der Waals surface area (Å²) >= 11 is 0. The first-order valence-corrected chi connectivity index (χ1v) is 6.31. The third kappa shape index (κ3) is 2.86. The molecule has 0 N–H and O–H groups in total. The molecule has 0 aliphatic carbocycles. The van der Waals surface area contributed by atoms with Crippen LogP contribution in [-0.4, -0.2) is 5.97 Å². The van der Waals surface area contributed by atoms with Crippen molar-refractivity contribution in [1.82, 2.24) is 0 Å². The van der Waals surface area contributed by atoms with Gasteiger partial charge in [-0.3, -0.25) is 4.79 Å². The number of fused-ring (bicyclic) bond motifs is 1. The van der Waals surface area contributed by atoms with Gasteiger partial charge in [-0.1, -0.05) is 13.3 Å². The number of pyridine rings is 1. The van der Waals surface area contributed by atoms with Crippen molar-refractivity contribution in [3.63, 3.8) is 0 Å². The summed E-state index contributed by atoms with van der Waals surface area (Å²) in [6.45, 7) is 4.58. The van der Waals surface area contributed by atoms with Gasteiger partial charge in [0.05, 0.1) is 6.07 Å². The van der Waals surface area contributed by atoms with Gasteiger partial charge in [0.15, 0.2) is 6.20 Å². The molecule has 0 saturated heterocycles. The standard InChI is InChI=1S/C15H18NO2/c1-3-4-9-16-10-5-6-13-7-8-14(11-15(13)16)18-12(2)17/h5-8,10-11H,3-4,9H2,1-2H3/q+1. The first-order valence-electron chi connectivity index (χ1n) is 6.31. The van der Waals surface area contributed by atoms with Crippen LogP contribution in [0.4, 0.5) is 0 Å². The fourth-order valence-corrected chi connectivity index (χ4v) is 2.00. The minimum atomic E-state index is -0.287. The van der Waals surface area contributed by atoms with Crippen molar-refractivity contribution in [1.29, 1.82) is 0 Å². The number of rotatable bonds is 4. The lowest BCUT2D eigenvalue weighted by molar-refractivity contribution is -0.671. The zero-order valence-corrected chi connectivity index (χ0v) is 10.8. The van der Waals surface area contributed by atoms with E-state index in [9.17, 15) is 4.79 Å². The van der Waals surface area contributed by atoms with Gasteiger partial charge in [-0.25, -0.2) is 0 Å². The molecule has 0 fully saturated rings. The van der Waals surface area contributed by atoms with Gasteiger partial charge >= 0.3 is 5.97 Å². The highest BCUT2D eigenvalue weighted by Gasteiger charge is 2.09. The minimum Gasteiger partial charge on any atom is -0.426 e. The van der Waals surface area contributed by atoms with Gasteiger partial charge in [0.25, 0.3) is 0 Å². The van der Waals surface area contributed by atoms with Crippen LogP contribution in [0.2, 0.25) is 0 Å². The van der Waals surface area contributed by atoms with Gasteiger partial charge in [-0.05, 0) is 18.2 Å². The molecule has 0 unspecified atom stereocenters. The predicted molar refractivity (Wildman–Crippen MR) is 70.4 cm³/mol. The molecule has 94 valence electrons. The molecule has 0 aliphatic heterocycles. The maximum Gasteiger partial charge on any atom is 0.308 e. The van der Waals surface area contributed by atoms with Gasteiger partial charge in [0, 0.05) is 24.8 Å². The second kappa shape index (κ2) is 5.63. The number of benzene rings is 1. The van der Waals surface area contributed by atoms with Crippen LogP contribution in [0.1, 0.15) is 26.7 Å². The summed E-state index contributed by atoms with van der Waals surface area (Å²) in [5.74, 6) is 0.317. The molecule has 0 bridgehead atoms. The monoisotopic (exact) mass is 244 g/mol. The molecule has 2 aromatic rings. The Balaban J connectivity index is 2.41. The third-order valence-electron chi connectivity index (χ3n) is 2.87. The first-order chi connectivity index (χ1) is 8.70. The van der Waals surface area contributed by atoms with E-state index in [4.69, 9.17) is 4.74 Å². The molecule has 3 heteroatoms. The SMILES string of the molecule is CCCC[n+]1cccc2ccc(OC(C)=O)cc21. The molecule has 2 rings (SSSR count). The van der Waals surface area contributed by atoms with Crippen molar-refractivity contribution in [3.05, 3.63) is 36.5 Å². The van der Waals surface area contributed by atoms with Crippen LogP contribution >= 0.6 is 0 Å². The maximum atomic E-state index is 11.0.